The minimum atomic E-state index is -0.427. The lowest BCUT2D eigenvalue weighted by atomic mass is 9.80. The number of ether oxygens (including phenoxy) is 1. The maximum atomic E-state index is 10.6. The molecule has 0 aliphatic heterocycles. The zero-order valence-electron chi connectivity index (χ0n) is 10.5. The van der Waals surface area contributed by atoms with E-state index in [2.05, 4.69) is 13.8 Å². The van der Waals surface area contributed by atoms with Crippen molar-refractivity contribution in [3.05, 3.63) is 0 Å². The molecule has 0 spiro atoms. The predicted octanol–water partition coefficient (Wildman–Crippen LogP) is 2.99. The quantitative estimate of drug-likeness (QED) is 0.729. The molecule has 1 rings (SSSR count). The second-order valence-corrected chi connectivity index (χ2v) is 5.32. The zero-order chi connectivity index (χ0) is 11.3. The van der Waals surface area contributed by atoms with Gasteiger partial charge in [0, 0.05) is 13.7 Å². The predicted molar refractivity (Wildman–Crippen MR) is 62.9 cm³/mol. The van der Waals surface area contributed by atoms with Gasteiger partial charge in [0.2, 0.25) is 0 Å². The van der Waals surface area contributed by atoms with Crippen LogP contribution >= 0.6 is 0 Å². The molecule has 1 N–H and O–H groups in total. The van der Waals surface area contributed by atoms with Crippen LogP contribution < -0.4 is 0 Å². The van der Waals surface area contributed by atoms with Crippen LogP contribution in [0.15, 0.2) is 0 Å². The molecule has 3 unspecified atom stereocenters. The van der Waals surface area contributed by atoms with Gasteiger partial charge in [-0.2, -0.15) is 0 Å². The highest BCUT2D eigenvalue weighted by Crippen LogP contribution is 2.36. The Balaban J connectivity index is 2.48. The van der Waals surface area contributed by atoms with Gasteiger partial charge in [0.1, 0.15) is 0 Å². The number of rotatable bonds is 4. The molecule has 1 aliphatic carbocycles. The first kappa shape index (κ1) is 13.0. The molecule has 0 saturated heterocycles. The topological polar surface area (TPSA) is 29.5 Å². The molecule has 2 nitrogen and oxygen atoms in total. The summed E-state index contributed by atoms with van der Waals surface area (Å²) in [5, 5.41) is 10.6. The lowest BCUT2D eigenvalue weighted by molar-refractivity contribution is -0.0356. The lowest BCUT2D eigenvalue weighted by Gasteiger charge is -2.33. The Morgan fingerprint density at radius 2 is 2.13 bits per heavy atom. The maximum Gasteiger partial charge on any atom is 0.0674 e. The molecule has 1 fully saturated rings. The summed E-state index contributed by atoms with van der Waals surface area (Å²) in [5.74, 6) is 1.15. The highest BCUT2D eigenvalue weighted by molar-refractivity contribution is 4.86. The summed E-state index contributed by atoms with van der Waals surface area (Å²) < 4.78 is 5.09. The van der Waals surface area contributed by atoms with Crippen molar-refractivity contribution >= 4 is 0 Å². The minimum absolute atomic E-state index is 0.364. The Morgan fingerprint density at radius 3 is 2.80 bits per heavy atom. The van der Waals surface area contributed by atoms with Crippen LogP contribution in [0.1, 0.15) is 52.4 Å². The van der Waals surface area contributed by atoms with Crippen molar-refractivity contribution in [1.82, 2.24) is 0 Å². The van der Waals surface area contributed by atoms with Gasteiger partial charge in [0.15, 0.2) is 0 Å². The van der Waals surface area contributed by atoms with Gasteiger partial charge in [0.25, 0.3) is 0 Å². The van der Waals surface area contributed by atoms with Crippen molar-refractivity contribution in [3.8, 4) is 0 Å². The van der Waals surface area contributed by atoms with Crippen LogP contribution in [0.5, 0.6) is 0 Å². The first-order chi connectivity index (χ1) is 7.08. The third-order valence-electron chi connectivity index (χ3n) is 4.05. The number of hydrogen-bond acceptors (Lipinski definition) is 2. The molecule has 0 aromatic carbocycles. The second-order valence-electron chi connectivity index (χ2n) is 5.32. The maximum absolute atomic E-state index is 10.6. The van der Waals surface area contributed by atoms with Crippen LogP contribution in [0.3, 0.4) is 0 Å². The second kappa shape index (κ2) is 5.86. The van der Waals surface area contributed by atoms with Gasteiger partial charge in [0.05, 0.1) is 5.60 Å². The summed E-state index contributed by atoms with van der Waals surface area (Å²) in [6.07, 6.45) is 6.55. The Bertz CT molecular complexity index is 181. The summed E-state index contributed by atoms with van der Waals surface area (Å²) in [6, 6.07) is 0. The van der Waals surface area contributed by atoms with Crippen LogP contribution in [0, 0.1) is 11.8 Å². The van der Waals surface area contributed by atoms with Gasteiger partial charge < -0.3 is 9.84 Å². The van der Waals surface area contributed by atoms with Gasteiger partial charge in [-0.3, -0.25) is 0 Å². The van der Waals surface area contributed by atoms with Crippen molar-refractivity contribution in [2.75, 3.05) is 13.7 Å². The molecule has 0 heterocycles. The zero-order valence-corrected chi connectivity index (χ0v) is 10.5. The van der Waals surface area contributed by atoms with Crippen LogP contribution in [-0.2, 0) is 4.74 Å². The number of hydrogen-bond donors (Lipinski definition) is 1. The van der Waals surface area contributed by atoms with Gasteiger partial charge >= 0.3 is 0 Å². The third kappa shape index (κ3) is 3.76. The molecule has 90 valence electrons. The number of aliphatic hydroxyl groups is 1. The van der Waals surface area contributed by atoms with E-state index >= 15 is 0 Å². The summed E-state index contributed by atoms with van der Waals surface area (Å²) in [4.78, 5) is 0. The van der Waals surface area contributed by atoms with Crippen LogP contribution in [-0.4, -0.2) is 24.4 Å². The van der Waals surface area contributed by atoms with Crippen molar-refractivity contribution in [2.45, 2.75) is 58.0 Å². The molecule has 1 aliphatic rings. The van der Waals surface area contributed by atoms with E-state index in [0.29, 0.717) is 5.92 Å². The van der Waals surface area contributed by atoms with Crippen molar-refractivity contribution in [1.29, 1.82) is 0 Å². The summed E-state index contributed by atoms with van der Waals surface area (Å²) in [6.45, 7) is 5.22. The fourth-order valence-corrected chi connectivity index (χ4v) is 2.58. The minimum Gasteiger partial charge on any atom is -0.390 e. The van der Waals surface area contributed by atoms with Crippen LogP contribution in [0.4, 0.5) is 0 Å². The largest absolute Gasteiger partial charge is 0.390 e. The van der Waals surface area contributed by atoms with E-state index < -0.39 is 5.60 Å². The van der Waals surface area contributed by atoms with Crippen molar-refractivity contribution in [3.63, 3.8) is 0 Å². The van der Waals surface area contributed by atoms with E-state index in [1.165, 1.54) is 19.3 Å². The SMILES string of the molecule is COCCC(C)C1(O)CCCC(C)CC1. The van der Waals surface area contributed by atoms with Gasteiger partial charge in [-0.1, -0.05) is 26.7 Å². The molecule has 2 heteroatoms. The third-order valence-corrected chi connectivity index (χ3v) is 4.05. The van der Waals surface area contributed by atoms with E-state index in [1.807, 2.05) is 0 Å². The first-order valence-electron chi connectivity index (χ1n) is 6.30. The molecular weight excluding hydrogens is 188 g/mol. The average Bonchev–Trinajstić information content (AvgIpc) is 2.38. The standard InChI is InChI=1S/C13H26O2/c1-11-5-4-8-13(14,9-6-11)12(2)7-10-15-3/h11-12,14H,4-10H2,1-3H3. The Hall–Kier alpha value is -0.0800. The molecule has 15 heavy (non-hydrogen) atoms. The van der Waals surface area contributed by atoms with E-state index in [9.17, 15) is 5.11 Å². The Labute approximate surface area is 94.0 Å². The molecule has 3 atom stereocenters. The highest BCUT2D eigenvalue weighted by Gasteiger charge is 2.34. The van der Waals surface area contributed by atoms with Gasteiger partial charge in [-0.15, -0.1) is 0 Å². The van der Waals surface area contributed by atoms with E-state index in [0.717, 1.165) is 31.8 Å². The fourth-order valence-electron chi connectivity index (χ4n) is 2.58. The normalized spacial score (nSPS) is 34.8. The van der Waals surface area contributed by atoms with Crippen molar-refractivity contribution in [2.24, 2.45) is 11.8 Å². The van der Waals surface area contributed by atoms with Gasteiger partial charge in [-0.05, 0) is 37.5 Å². The summed E-state index contributed by atoms with van der Waals surface area (Å²) in [5.41, 5.74) is -0.427. The molecule has 0 aromatic heterocycles. The smallest absolute Gasteiger partial charge is 0.0674 e. The lowest BCUT2D eigenvalue weighted by Crippen LogP contribution is -2.36. The van der Waals surface area contributed by atoms with E-state index in [4.69, 9.17) is 4.74 Å². The van der Waals surface area contributed by atoms with Crippen molar-refractivity contribution < 1.29 is 9.84 Å². The summed E-state index contributed by atoms with van der Waals surface area (Å²) in [7, 11) is 1.73. The van der Waals surface area contributed by atoms with E-state index in [-0.39, 0.29) is 0 Å². The monoisotopic (exact) mass is 214 g/mol. The Kier molecular flexibility index (Phi) is 5.07. The summed E-state index contributed by atoms with van der Waals surface area (Å²) >= 11 is 0. The van der Waals surface area contributed by atoms with Crippen LogP contribution in [0.25, 0.3) is 0 Å². The van der Waals surface area contributed by atoms with E-state index in [1.54, 1.807) is 7.11 Å². The van der Waals surface area contributed by atoms with Crippen LogP contribution in [0.2, 0.25) is 0 Å². The average molecular weight is 214 g/mol. The van der Waals surface area contributed by atoms with Gasteiger partial charge in [-0.25, -0.2) is 0 Å². The molecule has 0 aromatic rings. The number of methoxy groups -OCH3 is 1. The molecule has 0 radical (unpaired) electrons. The molecule has 0 amide bonds. The fraction of sp³-hybridized carbons (Fsp3) is 1.00. The Morgan fingerprint density at radius 1 is 1.40 bits per heavy atom. The first-order valence-corrected chi connectivity index (χ1v) is 6.30. The highest BCUT2D eigenvalue weighted by atomic mass is 16.5. The molecular formula is C13H26O2. The molecule has 0 bridgehead atoms. The molecule has 1 saturated carbocycles.